The summed E-state index contributed by atoms with van der Waals surface area (Å²) in [6.45, 7) is 16.8. The van der Waals surface area contributed by atoms with Crippen molar-refractivity contribution in [2.24, 2.45) is 0 Å². The minimum Gasteiger partial charge on any atom is -0.468 e. The molecule has 2 saturated heterocycles. The third-order valence-corrected chi connectivity index (χ3v) is 10.2. The Morgan fingerprint density at radius 3 is 1.61 bits per heavy atom. The molecule has 0 saturated carbocycles. The summed E-state index contributed by atoms with van der Waals surface area (Å²) in [4.78, 5) is 60.3. The second kappa shape index (κ2) is 28.5. The highest BCUT2D eigenvalue weighted by Crippen LogP contribution is 2.43. The first-order chi connectivity index (χ1) is 27.7. The predicted octanol–water partition coefficient (Wildman–Crippen LogP) is 8.00. The number of aromatic amines is 2. The number of amides is 3. The number of thiophene rings is 2. The van der Waals surface area contributed by atoms with Crippen molar-refractivity contribution in [1.29, 1.82) is 0 Å². The summed E-state index contributed by atoms with van der Waals surface area (Å²) in [5.74, 6) is 0.116. The van der Waals surface area contributed by atoms with Crippen LogP contribution in [-0.2, 0) is 23.9 Å². The lowest BCUT2D eigenvalue weighted by atomic mass is 10.1. The number of imidazole rings is 2. The SMILES string of the molecule is CC(=O)NCC(=O)N1CCCC1.CCC.CCC.CCOC=O.CNCC(=O)N1CCCC1.c1ncc(-c2ccc(-c3csc4c(-c5cnc[nH]5)csc34)cc2)[nH]1. The number of fused-ring (bicyclic) bond motifs is 1. The molecule has 0 bridgehead atoms. The molecule has 57 heavy (non-hydrogen) atoms. The zero-order valence-corrected chi connectivity index (χ0v) is 36.3. The standard InChI is InChI=1S/C18H12N4S2.C8H14N2O2.C7H14N2O.C3H6O2.2C3H8/c1-3-12(15-5-19-9-21-15)4-2-11(1)13-7-23-18-14(8-24-17(13)18)16-6-20-10-22-16;1-7(11)9-6-8(12)10-4-2-3-5-10;1-8-6-7(10)9-4-2-3-5-9;1-2-5-3-4;2*1-3-2/h1-10H,(H,19,21)(H,20,22);2-6H2,1H3,(H,9,11);8H,2-6H2,1H3;3H,2H2,1H3;2*3H2,1-2H3. The fourth-order valence-corrected chi connectivity index (χ4v) is 7.87. The minimum absolute atomic E-state index is 0.0303. The Bertz CT molecular complexity index is 1810. The van der Waals surface area contributed by atoms with Crippen LogP contribution in [0.5, 0.6) is 0 Å². The van der Waals surface area contributed by atoms with Crippen molar-refractivity contribution in [2.75, 3.05) is 52.9 Å². The quantitative estimate of drug-likeness (QED) is 0.109. The molecule has 2 aliphatic rings. The molecule has 0 spiro atoms. The molecule has 3 amide bonds. The van der Waals surface area contributed by atoms with E-state index in [4.69, 9.17) is 0 Å². The number of benzene rings is 1. The topological polar surface area (TPSA) is 165 Å². The van der Waals surface area contributed by atoms with E-state index in [2.05, 4.69) is 98.0 Å². The number of carbonyl (C=O) groups is 4. The molecule has 4 N–H and O–H groups in total. The highest BCUT2D eigenvalue weighted by molar-refractivity contribution is 7.27. The molecule has 15 heteroatoms. The number of hydrogen-bond donors (Lipinski definition) is 4. The number of H-pyrrole nitrogens is 2. The number of aromatic nitrogens is 4. The Hall–Kier alpha value is -4.86. The summed E-state index contributed by atoms with van der Waals surface area (Å²) in [6.07, 6.45) is 14.2. The van der Waals surface area contributed by atoms with E-state index in [0.717, 1.165) is 56.0 Å². The van der Waals surface area contributed by atoms with Gasteiger partial charge >= 0.3 is 0 Å². The van der Waals surface area contributed by atoms with Gasteiger partial charge in [-0.05, 0) is 50.8 Å². The van der Waals surface area contributed by atoms with Crippen LogP contribution < -0.4 is 10.6 Å². The zero-order chi connectivity index (χ0) is 41.8. The van der Waals surface area contributed by atoms with Crippen LogP contribution in [0.4, 0.5) is 0 Å². The largest absolute Gasteiger partial charge is 0.468 e. The molecule has 0 radical (unpaired) electrons. The summed E-state index contributed by atoms with van der Waals surface area (Å²) in [5, 5.41) is 9.79. The molecule has 0 aliphatic carbocycles. The highest BCUT2D eigenvalue weighted by Gasteiger charge is 2.18. The van der Waals surface area contributed by atoms with Gasteiger partial charge in [0.1, 0.15) is 0 Å². The molecule has 312 valence electrons. The maximum absolute atomic E-state index is 11.3. The van der Waals surface area contributed by atoms with Gasteiger partial charge in [0.15, 0.2) is 0 Å². The maximum atomic E-state index is 11.3. The van der Waals surface area contributed by atoms with Crippen LogP contribution in [-0.4, -0.2) is 107 Å². The first-order valence-corrected chi connectivity index (χ1v) is 21.5. The molecule has 0 atom stereocenters. The zero-order valence-electron chi connectivity index (χ0n) is 34.7. The Kier molecular flexibility index (Phi) is 24.2. The predicted molar refractivity (Wildman–Crippen MR) is 234 cm³/mol. The number of carbonyl (C=O) groups excluding carboxylic acids is 4. The van der Waals surface area contributed by atoms with Gasteiger partial charge in [0.2, 0.25) is 17.7 Å². The first-order valence-electron chi connectivity index (χ1n) is 19.8. The molecule has 6 heterocycles. The number of hydrogen-bond acceptors (Lipinski definition) is 10. The number of likely N-dealkylation sites (tertiary alicyclic amines) is 2. The van der Waals surface area contributed by atoms with Gasteiger partial charge in [0, 0.05) is 55.0 Å². The third-order valence-electron chi connectivity index (χ3n) is 8.05. The lowest BCUT2D eigenvalue weighted by Crippen LogP contribution is -2.37. The molecule has 2 fully saturated rings. The number of rotatable bonds is 9. The molecule has 1 aromatic carbocycles. The van der Waals surface area contributed by atoms with E-state index in [1.807, 2.05) is 17.3 Å². The van der Waals surface area contributed by atoms with Gasteiger partial charge in [-0.3, -0.25) is 19.2 Å². The van der Waals surface area contributed by atoms with E-state index >= 15 is 0 Å². The Morgan fingerprint density at radius 1 is 0.737 bits per heavy atom. The average molecular weight is 823 g/mol. The second-order valence-corrected chi connectivity index (χ2v) is 14.8. The minimum atomic E-state index is -0.150. The van der Waals surface area contributed by atoms with Gasteiger partial charge in [-0.1, -0.05) is 64.8 Å². The van der Waals surface area contributed by atoms with Crippen molar-refractivity contribution >= 4 is 56.3 Å². The smallest absolute Gasteiger partial charge is 0.293 e. The van der Waals surface area contributed by atoms with Crippen LogP contribution >= 0.6 is 22.7 Å². The van der Waals surface area contributed by atoms with E-state index < -0.39 is 0 Å². The van der Waals surface area contributed by atoms with Gasteiger partial charge in [0.25, 0.3) is 6.47 Å². The van der Waals surface area contributed by atoms with Gasteiger partial charge in [0.05, 0.1) is 65.5 Å². The Balaban J connectivity index is 0.000000286. The van der Waals surface area contributed by atoms with E-state index in [9.17, 15) is 19.2 Å². The van der Waals surface area contributed by atoms with Crippen molar-refractivity contribution in [2.45, 2.75) is 80.1 Å². The molecule has 0 unspecified atom stereocenters. The summed E-state index contributed by atoms with van der Waals surface area (Å²) in [6, 6.07) is 8.62. The number of likely N-dealkylation sites (N-methyl/N-ethyl adjacent to an activating group) is 1. The molecule has 2 aliphatic heterocycles. The van der Waals surface area contributed by atoms with Crippen molar-refractivity contribution in [3.05, 3.63) is 60.1 Å². The van der Waals surface area contributed by atoms with Crippen LogP contribution in [0.2, 0.25) is 0 Å². The van der Waals surface area contributed by atoms with Crippen LogP contribution in [0, 0.1) is 0 Å². The Morgan fingerprint density at radius 2 is 1.19 bits per heavy atom. The lowest BCUT2D eigenvalue weighted by Gasteiger charge is -2.14. The van der Waals surface area contributed by atoms with E-state index in [0.29, 0.717) is 19.6 Å². The molecular weight excluding hydrogens is 761 g/mol. The monoisotopic (exact) mass is 822 g/mol. The molecule has 13 nitrogen and oxygen atoms in total. The number of nitrogens with zero attached hydrogens (tertiary/aromatic N) is 4. The number of ether oxygens (including phenoxy) is 1. The van der Waals surface area contributed by atoms with Crippen LogP contribution in [0.15, 0.2) is 60.1 Å². The van der Waals surface area contributed by atoms with Gasteiger partial charge in [-0.2, -0.15) is 0 Å². The van der Waals surface area contributed by atoms with Crippen molar-refractivity contribution < 1.29 is 23.9 Å². The second-order valence-electron chi connectivity index (χ2n) is 13.0. The molecule has 4 aromatic heterocycles. The van der Waals surface area contributed by atoms with Crippen molar-refractivity contribution in [3.63, 3.8) is 0 Å². The summed E-state index contributed by atoms with van der Waals surface area (Å²) in [7, 11) is 1.80. The lowest BCUT2D eigenvalue weighted by molar-refractivity contribution is -0.131. The molecular formula is C42H62N8O5S2. The van der Waals surface area contributed by atoms with Crippen LogP contribution in [0.25, 0.3) is 43.0 Å². The fraction of sp³-hybridized carbons (Fsp3) is 0.476. The third kappa shape index (κ3) is 17.0. The van der Waals surface area contributed by atoms with E-state index in [1.54, 1.807) is 54.2 Å². The molecule has 7 rings (SSSR count). The van der Waals surface area contributed by atoms with Crippen LogP contribution in [0.3, 0.4) is 0 Å². The average Bonchev–Trinajstić information content (AvgIpc) is 4.05. The first kappa shape index (κ1) is 48.3. The summed E-state index contributed by atoms with van der Waals surface area (Å²) >= 11 is 3.58. The highest BCUT2D eigenvalue weighted by atomic mass is 32.1. The van der Waals surface area contributed by atoms with Gasteiger partial charge in [-0.15, -0.1) is 22.7 Å². The van der Waals surface area contributed by atoms with Crippen LogP contribution in [0.1, 0.15) is 80.1 Å². The normalized spacial score (nSPS) is 12.5. The fourth-order valence-electron chi connectivity index (χ4n) is 5.43. The van der Waals surface area contributed by atoms with Gasteiger partial charge in [-0.25, -0.2) is 9.97 Å². The van der Waals surface area contributed by atoms with Crippen molar-refractivity contribution in [3.8, 4) is 33.6 Å². The van der Waals surface area contributed by atoms with E-state index in [1.165, 1.54) is 58.7 Å². The van der Waals surface area contributed by atoms with Gasteiger partial charge < -0.3 is 35.1 Å². The summed E-state index contributed by atoms with van der Waals surface area (Å²) in [5.41, 5.74) is 7.02. The summed E-state index contributed by atoms with van der Waals surface area (Å²) < 4.78 is 6.80. The van der Waals surface area contributed by atoms with E-state index in [-0.39, 0.29) is 24.3 Å². The van der Waals surface area contributed by atoms with Crippen molar-refractivity contribution in [1.82, 2.24) is 40.4 Å². The maximum Gasteiger partial charge on any atom is 0.293 e. The Labute approximate surface area is 346 Å². The number of nitrogens with one attached hydrogen (secondary N) is 4. The molecule has 5 aromatic rings.